The maximum atomic E-state index is 5.29. The summed E-state index contributed by atoms with van der Waals surface area (Å²) in [4.78, 5) is 6.62. The molecule has 2 aliphatic rings. The largest absolute Gasteiger partial charge is 0.271 e. The Kier molecular flexibility index (Phi) is 2.93. The van der Waals surface area contributed by atoms with Crippen LogP contribution in [0.3, 0.4) is 0 Å². The van der Waals surface area contributed by atoms with Crippen LogP contribution in [0.2, 0.25) is 0 Å². The summed E-state index contributed by atoms with van der Waals surface area (Å²) in [6, 6.07) is 8.73. The molecular formula is C20H20N4S. The van der Waals surface area contributed by atoms with E-state index in [1.54, 1.807) is 0 Å². The molecule has 2 aromatic heterocycles. The monoisotopic (exact) mass is 348 g/mol. The van der Waals surface area contributed by atoms with Crippen molar-refractivity contribution in [1.29, 1.82) is 0 Å². The molecule has 4 nitrogen and oxygen atoms in total. The number of nitrogens with zero attached hydrogens (tertiary/aromatic N) is 4. The molecule has 5 rings (SSSR count). The fourth-order valence-electron chi connectivity index (χ4n) is 3.65. The fraction of sp³-hybridized carbons (Fsp3) is 0.350. The summed E-state index contributed by atoms with van der Waals surface area (Å²) in [5.41, 5.74) is 5.94. The highest BCUT2D eigenvalue weighted by Crippen LogP contribution is 2.52. The van der Waals surface area contributed by atoms with Crippen LogP contribution in [0, 0.1) is 27.7 Å². The number of aliphatic imine (C=N–C) groups is 1. The van der Waals surface area contributed by atoms with Crippen LogP contribution >= 0.6 is 11.3 Å². The molecule has 25 heavy (non-hydrogen) atoms. The number of benzene rings is 1. The molecule has 126 valence electrons. The molecule has 1 aliphatic heterocycles. The highest BCUT2D eigenvalue weighted by atomic mass is 32.1. The summed E-state index contributed by atoms with van der Waals surface area (Å²) in [6.07, 6.45) is 2.10. The van der Waals surface area contributed by atoms with Gasteiger partial charge in [-0.2, -0.15) is 0 Å². The standard InChI is InChI=1S/C20H20N4S/c1-11-5-7-15(8-6-11)17-16-12(2)13(3)25-18(16)24-14(4)22-23-19(24)20(21-17)9-10-20/h5-8H,9-10H2,1-4H3. The minimum Gasteiger partial charge on any atom is -0.271 e. The zero-order valence-corrected chi connectivity index (χ0v) is 15.7. The second-order valence-corrected chi connectivity index (χ2v) is 8.43. The third-order valence-corrected chi connectivity index (χ3v) is 6.61. The maximum absolute atomic E-state index is 5.29. The van der Waals surface area contributed by atoms with E-state index in [0.717, 1.165) is 30.2 Å². The van der Waals surface area contributed by atoms with Gasteiger partial charge in [0.05, 0.1) is 5.71 Å². The molecule has 1 spiro atoms. The van der Waals surface area contributed by atoms with E-state index in [9.17, 15) is 0 Å². The van der Waals surface area contributed by atoms with Gasteiger partial charge < -0.3 is 0 Å². The van der Waals surface area contributed by atoms with Gasteiger partial charge in [-0.25, -0.2) is 0 Å². The van der Waals surface area contributed by atoms with Gasteiger partial charge in [-0.05, 0) is 46.1 Å². The SMILES string of the molecule is Cc1ccc(C2=NC3(CC3)c3nnc(C)n3-c3sc(C)c(C)c32)cc1. The van der Waals surface area contributed by atoms with E-state index in [0.29, 0.717) is 0 Å². The zero-order chi connectivity index (χ0) is 17.3. The first-order valence-electron chi connectivity index (χ1n) is 8.70. The molecule has 5 heteroatoms. The van der Waals surface area contributed by atoms with E-state index in [2.05, 4.69) is 59.8 Å². The fourth-order valence-corrected chi connectivity index (χ4v) is 4.85. The lowest BCUT2D eigenvalue weighted by Crippen LogP contribution is -2.11. The van der Waals surface area contributed by atoms with Gasteiger partial charge in [0.25, 0.3) is 0 Å². The summed E-state index contributed by atoms with van der Waals surface area (Å²) in [7, 11) is 0. The molecule has 0 unspecified atom stereocenters. The Hall–Kier alpha value is -2.27. The molecule has 1 fully saturated rings. The van der Waals surface area contributed by atoms with Crippen molar-refractivity contribution in [3.63, 3.8) is 0 Å². The highest BCUT2D eigenvalue weighted by molar-refractivity contribution is 7.15. The van der Waals surface area contributed by atoms with Crippen LogP contribution in [0.25, 0.3) is 5.00 Å². The summed E-state index contributed by atoms with van der Waals surface area (Å²) in [5, 5.41) is 10.1. The first-order valence-corrected chi connectivity index (χ1v) is 9.52. The second kappa shape index (κ2) is 4.88. The van der Waals surface area contributed by atoms with E-state index in [-0.39, 0.29) is 5.54 Å². The Labute approximate surface area is 151 Å². The van der Waals surface area contributed by atoms with Gasteiger partial charge in [0.15, 0.2) is 5.82 Å². The van der Waals surface area contributed by atoms with Gasteiger partial charge in [0.1, 0.15) is 16.4 Å². The van der Waals surface area contributed by atoms with E-state index in [1.165, 1.54) is 32.1 Å². The van der Waals surface area contributed by atoms with Gasteiger partial charge in [-0.1, -0.05) is 29.8 Å². The van der Waals surface area contributed by atoms with Crippen LogP contribution in [-0.4, -0.2) is 20.5 Å². The van der Waals surface area contributed by atoms with Gasteiger partial charge in [-0.3, -0.25) is 9.56 Å². The van der Waals surface area contributed by atoms with Crippen molar-refractivity contribution in [3.8, 4) is 5.00 Å². The Bertz CT molecular complexity index is 1030. The average Bonchev–Trinajstić information content (AvgIpc) is 3.21. The number of hydrogen-bond acceptors (Lipinski definition) is 4. The Morgan fingerprint density at radius 2 is 1.72 bits per heavy atom. The highest BCUT2D eigenvalue weighted by Gasteiger charge is 2.51. The molecule has 0 radical (unpaired) electrons. The Morgan fingerprint density at radius 1 is 1.00 bits per heavy atom. The predicted octanol–water partition coefficient (Wildman–Crippen LogP) is 4.40. The Morgan fingerprint density at radius 3 is 2.40 bits per heavy atom. The van der Waals surface area contributed by atoms with Gasteiger partial charge in [0.2, 0.25) is 0 Å². The molecule has 0 N–H and O–H groups in total. The molecule has 0 atom stereocenters. The molecule has 1 aromatic carbocycles. The average molecular weight is 348 g/mol. The lowest BCUT2D eigenvalue weighted by atomic mass is 9.99. The minimum absolute atomic E-state index is 0.194. The van der Waals surface area contributed by atoms with E-state index >= 15 is 0 Å². The van der Waals surface area contributed by atoms with Gasteiger partial charge in [0, 0.05) is 16.0 Å². The van der Waals surface area contributed by atoms with Crippen molar-refractivity contribution >= 4 is 17.0 Å². The van der Waals surface area contributed by atoms with Crippen molar-refractivity contribution in [2.75, 3.05) is 0 Å². The van der Waals surface area contributed by atoms with E-state index < -0.39 is 0 Å². The van der Waals surface area contributed by atoms with E-state index in [1.807, 2.05) is 18.3 Å². The van der Waals surface area contributed by atoms with Crippen LogP contribution in [-0.2, 0) is 5.54 Å². The van der Waals surface area contributed by atoms with Crippen LogP contribution in [0.1, 0.15) is 51.6 Å². The van der Waals surface area contributed by atoms with Crippen molar-refractivity contribution in [1.82, 2.24) is 14.8 Å². The molecule has 0 saturated heterocycles. The van der Waals surface area contributed by atoms with Crippen molar-refractivity contribution in [3.05, 3.63) is 63.0 Å². The number of aryl methyl sites for hydroxylation is 3. The van der Waals surface area contributed by atoms with E-state index in [4.69, 9.17) is 4.99 Å². The second-order valence-electron chi connectivity index (χ2n) is 7.23. The van der Waals surface area contributed by atoms with Crippen molar-refractivity contribution in [2.45, 2.75) is 46.1 Å². The van der Waals surface area contributed by atoms with Gasteiger partial charge in [-0.15, -0.1) is 21.5 Å². The molecule has 1 aliphatic carbocycles. The smallest absolute Gasteiger partial charge is 0.166 e. The van der Waals surface area contributed by atoms with Crippen LogP contribution < -0.4 is 0 Å². The summed E-state index contributed by atoms with van der Waals surface area (Å²) >= 11 is 1.82. The normalized spacial score (nSPS) is 17.0. The molecule has 0 amide bonds. The minimum atomic E-state index is -0.194. The Balaban J connectivity index is 1.86. The van der Waals surface area contributed by atoms with Crippen molar-refractivity contribution < 1.29 is 0 Å². The van der Waals surface area contributed by atoms with Crippen molar-refractivity contribution in [2.24, 2.45) is 4.99 Å². The van der Waals surface area contributed by atoms with Crippen LogP contribution in [0.4, 0.5) is 0 Å². The molecule has 0 bridgehead atoms. The number of rotatable bonds is 1. The topological polar surface area (TPSA) is 43.1 Å². The number of thiophene rings is 1. The third-order valence-electron chi connectivity index (χ3n) is 5.42. The van der Waals surface area contributed by atoms with Gasteiger partial charge >= 0.3 is 0 Å². The molecule has 3 aromatic rings. The lowest BCUT2D eigenvalue weighted by molar-refractivity contribution is 0.661. The zero-order valence-electron chi connectivity index (χ0n) is 14.9. The quantitative estimate of drug-likeness (QED) is 0.654. The first kappa shape index (κ1) is 15.0. The van der Waals surface area contributed by atoms with Crippen LogP contribution in [0.15, 0.2) is 29.3 Å². The summed E-state index contributed by atoms with van der Waals surface area (Å²) in [6.45, 7) is 8.56. The first-order chi connectivity index (χ1) is 12.0. The molecule has 3 heterocycles. The summed E-state index contributed by atoms with van der Waals surface area (Å²) < 4.78 is 2.25. The number of fused-ring (bicyclic) bond motifs is 4. The maximum Gasteiger partial charge on any atom is 0.166 e. The molecular weight excluding hydrogens is 328 g/mol. The number of aromatic nitrogens is 3. The summed E-state index contributed by atoms with van der Waals surface area (Å²) in [5.74, 6) is 1.96. The predicted molar refractivity (Wildman–Crippen MR) is 101 cm³/mol. The van der Waals surface area contributed by atoms with Crippen LogP contribution in [0.5, 0.6) is 0 Å². The lowest BCUT2D eigenvalue weighted by Gasteiger charge is -2.10. The third kappa shape index (κ3) is 2.02. The molecule has 1 saturated carbocycles. The number of hydrogen-bond donors (Lipinski definition) is 0.